The number of methoxy groups -OCH3 is 1. The van der Waals surface area contributed by atoms with Gasteiger partial charge < -0.3 is 10.1 Å². The van der Waals surface area contributed by atoms with Crippen molar-refractivity contribution in [1.82, 2.24) is 9.97 Å². The molecule has 18 heavy (non-hydrogen) atoms. The van der Waals surface area contributed by atoms with Crippen molar-refractivity contribution in [3.8, 4) is 0 Å². The van der Waals surface area contributed by atoms with Gasteiger partial charge in [-0.15, -0.1) is 0 Å². The van der Waals surface area contributed by atoms with Gasteiger partial charge in [0, 0.05) is 19.0 Å². The van der Waals surface area contributed by atoms with E-state index in [-0.39, 0.29) is 0 Å². The monoisotopic (exact) mass is 245 g/mol. The SMILES string of the molecule is COCc1cccc(Nc2ccnc(NN)n2)c1. The van der Waals surface area contributed by atoms with E-state index in [1.165, 1.54) is 0 Å². The number of hydrogen-bond donors (Lipinski definition) is 3. The lowest BCUT2D eigenvalue weighted by Gasteiger charge is -2.08. The van der Waals surface area contributed by atoms with Crippen LogP contribution in [0.3, 0.4) is 0 Å². The van der Waals surface area contributed by atoms with Crippen LogP contribution in [-0.4, -0.2) is 17.1 Å². The number of anilines is 3. The molecule has 1 aromatic carbocycles. The summed E-state index contributed by atoms with van der Waals surface area (Å²) in [6.45, 7) is 0.578. The van der Waals surface area contributed by atoms with E-state index in [1.807, 2.05) is 24.3 Å². The van der Waals surface area contributed by atoms with Gasteiger partial charge in [-0.05, 0) is 23.8 Å². The average molecular weight is 245 g/mol. The smallest absolute Gasteiger partial charge is 0.239 e. The van der Waals surface area contributed by atoms with Crippen LogP contribution in [0.15, 0.2) is 36.5 Å². The Balaban J connectivity index is 2.14. The van der Waals surface area contributed by atoms with Crippen LogP contribution in [0.25, 0.3) is 0 Å². The van der Waals surface area contributed by atoms with Gasteiger partial charge >= 0.3 is 0 Å². The molecule has 94 valence electrons. The van der Waals surface area contributed by atoms with Crippen LogP contribution in [0, 0.1) is 0 Å². The predicted octanol–water partition coefficient (Wildman–Crippen LogP) is 1.65. The summed E-state index contributed by atoms with van der Waals surface area (Å²) in [5, 5.41) is 3.18. The number of benzene rings is 1. The van der Waals surface area contributed by atoms with Crippen LogP contribution < -0.4 is 16.6 Å². The number of hydrazine groups is 1. The number of ether oxygens (including phenoxy) is 1. The number of nitrogens with two attached hydrogens (primary N) is 1. The Morgan fingerprint density at radius 1 is 1.33 bits per heavy atom. The first kappa shape index (κ1) is 12.3. The third-order valence-electron chi connectivity index (χ3n) is 2.30. The second-order valence-corrected chi connectivity index (χ2v) is 3.67. The predicted molar refractivity (Wildman–Crippen MR) is 70.3 cm³/mol. The molecule has 0 fully saturated rings. The summed E-state index contributed by atoms with van der Waals surface area (Å²) < 4.78 is 5.09. The van der Waals surface area contributed by atoms with Gasteiger partial charge in [0.25, 0.3) is 0 Å². The maximum Gasteiger partial charge on any atom is 0.239 e. The highest BCUT2D eigenvalue weighted by atomic mass is 16.5. The summed E-state index contributed by atoms with van der Waals surface area (Å²) in [5.41, 5.74) is 4.43. The third kappa shape index (κ3) is 3.16. The molecule has 0 radical (unpaired) electrons. The van der Waals surface area contributed by atoms with Crippen molar-refractivity contribution in [3.05, 3.63) is 42.1 Å². The maximum absolute atomic E-state index is 5.26. The molecule has 0 aliphatic carbocycles. The first-order valence-corrected chi connectivity index (χ1v) is 5.46. The van der Waals surface area contributed by atoms with Crippen LogP contribution in [0.1, 0.15) is 5.56 Å². The van der Waals surface area contributed by atoms with E-state index in [0.29, 0.717) is 18.4 Å². The van der Waals surface area contributed by atoms with E-state index in [0.717, 1.165) is 11.3 Å². The molecular weight excluding hydrogens is 230 g/mol. The molecule has 0 saturated heterocycles. The zero-order valence-corrected chi connectivity index (χ0v) is 10.1. The van der Waals surface area contributed by atoms with E-state index in [9.17, 15) is 0 Å². The number of hydrogen-bond acceptors (Lipinski definition) is 6. The highest BCUT2D eigenvalue weighted by molar-refractivity contribution is 5.57. The Labute approximate surface area is 105 Å². The molecule has 4 N–H and O–H groups in total. The average Bonchev–Trinajstić information content (AvgIpc) is 2.40. The standard InChI is InChI=1S/C12H15N5O/c1-18-8-9-3-2-4-10(7-9)15-11-5-6-14-12(16-11)17-13/h2-7H,8,13H2,1H3,(H2,14,15,16,17). The maximum atomic E-state index is 5.26. The van der Waals surface area contributed by atoms with Crippen LogP contribution in [0.4, 0.5) is 17.5 Å². The van der Waals surface area contributed by atoms with Gasteiger partial charge in [-0.2, -0.15) is 4.98 Å². The summed E-state index contributed by atoms with van der Waals surface area (Å²) in [7, 11) is 1.67. The van der Waals surface area contributed by atoms with E-state index < -0.39 is 0 Å². The highest BCUT2D eigenvalue weighted by Gasteiger charge is 1.99. The fourth-order valence-electron chi connectivity index (χ4n) is 1.55. The summed E-state index contributed by atoms with van der Waals surface area (Å²) in [5.74, 6) is 6.30. The van der Waals surface area contributed by atoms with Crippen LogP contribution in [0.2, 0.25) is 0 Å². The van der Waals surface area contributed by atoms with Gasteiger partial charge in [0.1, 0.15) is 5.82 Å². The molecule has 6 nitrogen and oxygen atoms in total. The topological polar surface area (TPSA) is 85.1 Å². The van der Waals surface area contributed by atoms with Gasteiger partial charge in [0.05, 0.1) is 6.61 Å². The lowest BCUT2D eigenvalue weighted by Crippen LogP contribution is -2.10. The molecule has 0 atom stereocenters. The second kappa shape index (κ2) is 5.95. The summed E-state index contributed by atoms with van der Waals surface area (Å²) in [6.07, 6.45) is 1.63. The van der Waals surface area contributed by atoms with Crippen molar-refractivity contribution in [2.75, 3.05) is 17.9 Å². The quantitative estimate of drug-likeness (QED) is 0.548. The Bertz CT molecular complexity index is 517. The molecule has 0 spiro atoms. The first-order chi connectivity index (χ1) is 8.81. The van der Waals surface area contributed by atoms with Crippen molar-refractivity contribution in [2.45, 2.75) is 6.61 Å². The number of rotatable bonds is 5. The Kier molecular flexibility index (Phi) is 4.06. The molecule has 1 aromatic heterocycles. The van der Waals surface area contributed by atoms with Crippen molar-refractivity contribution < 1.29 is 4.74 Å². The zero-order valence-electron chi connectivity index (χ0n) is 10.1. The molecule has 0 unspecified atom stereocenters. The largest absolute Gasteiger partial charge is 0.380 e. The van der Waals surface area contributed by atoms with Crippen molar-refractivity contribution in [1.29, 1.82) is 0 Å². The molecule has 0 amide bonds. The number of aromatic nitrogens is 2. The molecule has 0 bridgehead atoms. The third-order valence-corrected chi connectivity index (χ3v) is 2.30. The number of nitrogens with zero attached hydrogens (tertiary/aromatic N) is 2. The van der Waals surface area contributed by atoms with E-state index in [4.69, 9.17) is 10.6 Å². The molecule has 2 aromatic rings. The van der Waals surface area contributed by atoms with Crippen LogP contribution in [-0.2, 0) is 11.3 Å². The minimum Gasteiger partial charge on any atom is -0.380 e. The van der Waals surface area contributed by atoms with Gasteiger partial charge in [0.15, 0.2) is 0 Å². The number of nitrogens with one attached hydrogen (secondary N) is 2. The molecule has 0 saturated carbocycles. The van der Waals surface area contributed by atoms with Gasteiger partial charge in [-0.1, -0.05) is 12.1 Å². The second-order valence-electron chi connectivity index (χ2n) is 3.67. The van der Waals surface area contributed by atoms with Crippen LogP contribution >= 0.6 is 0 Å². The van der Waals surface area contributed by atoms with Gasteiger partial charge in [-0.25, -0.2) is 10.8 Å². The molecule has 2 rings (SSSR count). The fourth-order valence-corrected chi connectivity index (χ4v) is 1.55. The number of nitrogen functional groups attached to an aromatic ring is 1. The molecule has 6 heteroatoms. The van der Waals surface area contributed by atoms with Crippen molar-refractivity contribution in [2.24, 2.45) is 5.84 Å². The Morgan fingerprint density at radius 2 is 2.22 bits per heavy atom. The van der Waals surface area contributed by atoms with Crippen molar-refractivity contribution in [3.63, 3.8) is 0 Å². The summed E-state index contributed by atoms with van der Waals surface area (Å²) in [4.78, 5) is 8.11. The lowest BCUT2D eigenvalue weighted by atomic mass is 10.2. The summed E-state index contributed by atoms with van der Waals surface area (Å²) in [6, 6.07) is 9.68. The van der Waals surface area contributed by atoms with Gasteiger partial charge in [-0.3, -0.25) is 5.43 Å². The lowest BCUT2D eigenvalue weighted by molar-refractivity contribution is 0.185. The van der Waals surface area contributed by atoms with E-state index >= 15 is 0 Å². The van der Waals surface area contributed by atoms with E-state index in [1.54, 1.807) is 19.4 Å². The normalized spacial score (nSPS) is 10.1. The Hall–Kier alpha value is -2.18. The molecule has 0 aliphatic rings. The first-order valence-electron chi connectivity index (χ1n) is 5.46. The molecule has 1 heterocycles. The van der Waals surface area contributed by atoms with Crippen LogP contribution in [0.5, 0.6) is 0 Å². The Morgan fingerprint density at radius 3 is 3.00 bits per heavy atom. The molecule has 0 aliphatic heterocycles. The molecular formula is C12H15N5O. The zero-order chi connectivity index (χ0) is 12.8. The minimum atomic E-state index is 0.369. The van der Waals surface area contributed by atoms with Gasteiger partial charge in [0.2, 0.25) is 5.95 Å². The highest BCUT2D eigenvalue weighted by Crippen LogP contribution is 2.16. The van der Waals surface area contributed by atoms with Crippen molar-refractivity contribution >= 4 is 17.5 Å². The fraction of sp³-hybridized carbons (Fsp3) is 0.167. The minimum absolute atomic E-state index is 0.369. The summed E-state index contributed by atoms with van der Waals surface area (Å²) >= 11 is 0. The van der Waals surface area contributed by atoms with E-state index in [2.05, 4.69) is 20.7 Å².